The van der Waals surface area contributed by atoms with Gasteiger partial charge in [0.05, 0.1) is 36.1 Å². The summed E-state index contributed by atoms with van der Waals surface area (Å²) in [5, 5.41) is 0. The molecule has 0 radical (unpaired) electrons. The summed E-state index contributed by atoms with van der Waals surface area (Å²) in [7, 11) is -0.997. The van der Waals surface area contributed by atoms with E-state index in [9.17, 15) is 22.4 Å². The van der Waals surface area contributed by atoms with Gasteiger partial charge in [0, 0.05) is 12.7 Å². The maximum atomic E-state index is 13.3. The van der Waals surface area contributed by atoms with Crippen molar-refractivity contribution in [1.82, 2.24) is 4.90 Å². The number of carbonyl (C=O) groups is 2. The zero-order valence-electron chi connectivity index (χ0n) is 18.7. The average Bonchev–Trinajstić information content (AvgIpc) is 2.81. The number of nitrogens with zero attached hydrogens (tertiary/aromatic N) is 1. The predicted molar refractivity (Wildman–Crippen MR) is 120 cm³/mol. The molecule has 11 heteroatoms. The maximum absolute atomic E-state index is 13.3. The number of rotatable bonds is 5. The molecule has 1 fully saturated rings. The minimum absolute atomic E-state index is 0.107. The van der Waals surface area contributed by atoms with Gasteiger partial charge in [-0.05, 0) is 55.3 Å². The summed E-state index contributed by atoms with van der Waals surface area (Å²) < 4.78 is 57.5. The van der Waals surface area contributed by atoms with Crippen LogP contribution in [0.1, 0.15) is 29.6 Å². The zero-order chi connectivity index (χ0) is 24.5. The molecule has 0 aromatic heterocycles. The number of nitrogens with one attached hydrogen (secondary N) is 1. The fourth-order valence-electron chi connectivity index (χ4n) is 4.19. The Morgan fingerprint density at radius 2 is 1.94 bits per heavy atom. The molecule has 0 aliphatic carbocycles. The Morgan fingerprint density at radius 1 is 1.21 bits per heavy atom. The topological polar surface area (TPSA) is 111 Å². The van der Waals surface area contributed by atoms with E-state index < -0.39 is 21.9 Å². The summed E-state index contributed by atoms with van der Waals surface area (Å²) in [5.41, 5.74) is 0.375. The van der Waals surface area contributed by atoms with Crippen molar-refractivity contribution in [1.29, 1.82) is 0 Å². The summed E-state index contributed by atoms with van der Waals surface area (Å²) in [4.78, 5) is 26.3. The predicted octanol–water partition coefficient (Wildman–Crippen LogP) is 2.57. The summed E-state index contributed by atoms with van der Waals surface area (Å²) in [6.07, 6.45) is 0.582. The van der Waals surface area contributed by atoms with Gasteiger partial charge >= 0.3 is 5.97 Å². The van der Waals surface area contributed by atoms with Gasteiger partial charge in [-0.25, -0.2) is 12.8 Å². The molecule has 0 spiro atoms. The highest BCUT2D eigenvalue weighted by molar-refractivity contribution is 7.92. The first-order valence-corrected chi connectivity index (χ1v) is 12.2. The van der Waals surface area contributed by atoms with Crippen LogP contribution in [0.2, 0.25) is 0 Å². The lowest BCUT2D eigenvalue weighted by Crippen LogP contribution is -2.53. The van der Waals surface area contributed by atoms with Crippen LogP contribution in [0.4, 0.5) is 10.1 Å². The quantitative estimate of drug-likeness (QED) is 0.639. The van der Waals surface area contributed by atoms with Crippen molar-refractivity contribution >= 4 is 27.6 Å². The smallest absolute Gasteiger partial charge is 0.308 e. The average molecular weight is 493 g/mol. The molecule has 3 atom stereocenters. The molecule has 2 aromatic rings. The summed E-state index contributed by atoms with van der Waals surface area (Å²) >= 11 is 0. The fourth-order valence-corrected chi connectivity index (χ4v) is 5.24. The van der Waals surface area contributed by atoms with Crippen LogP contribution in [-0.2, 0) is 24.3 Å². The van der Waals surface area contributed by atoms with Crippen LogP contribution in [0.15, 0.2) is 47.4 Å². The Balaban J connectivity index is 1.55. The fraction of sp³-hybridized carbons (Fsp3) is 0.391. The second kappa shape index (κ2) is 9.59. The number of sulfonamides is 1. The lowest BCUT2D eigenvalue weighted by atomic mass is 9.94. The molecule has 1 N–H and O–H groups in total. The molecule has 2 aromatic carbocycles. The number of anilines is 1. The number of ether oxygens (including phenoxy) is 3. The lowest BCUT2D eigenvalue weighted by Gasteiger charge is -2.42. The third-order valence-electron chi connectivity index (χ3n) is 6.01. The van der Waals surface area contributed by atoms with Crippen LogP contribution in [0.25, 0.3) is 0 Å². The number of amides is 1. The number of methoxy groups -OCH3 is 1. The third-order valence-corrected chi connectivity index (χ3v) is 7.41. The number of carbonyl (C=O) groups excluding carboxylic acids is 2. The number of fused-ring (bicyclic) bond motifs is 2. The first-order valence-electron chi connectivity index (χ1n) is 10.7. The molecule has 4 rings (SSSR count). The van der Waals surface area contributed by atoms with E-state index in [2.05, 4.69) is 4.72 Å². The van der Waals surface area contributed by atoms with Crippen molar-refractivity contribution in [3.8, 4) is 5.75 Å². The van der Waals surface area contributed by atoms with E-state index >= 15 is 0 Å². The first kappa shape index (κ1) is 24.0. The zero-order valence-corrected chi connectivity index (χ0v) is 19.5. The number of halogens is 1. The summed E-state index contributed by atoms with van der Waals surface area (Å²) in [6, 6.07) is 8.56. The van der Waals surface area contributed by atoms with Crippen LogP contribution >= 0.6 is 0 Å². The molecular weight excluding hydrogens is 467 g/mol. The van der Waals surface area contributed by atoms with E-state index in [0.717, 1.165) is 24.3 Å². The first-order chi connectivity index (χ1) is 16.2. The Bertz CT molecular complexity index is 1190. The van der Waals surface area contributed by atoms with Crippen molar-refractivity contribution in [3.63, 3.8) is 0 Å². The van der Waals surface area contributed by atoms with Crippen LogP contribution in [-0.4, -0.2) is 64.2 Å². The monoisotopic (exact) mass is 492 g/mol. The molecule has 34 heavy (non-hydrogen) atoms. The lowest BCUT2D eigenvalue weighted by molar-refractivity contribution is -0.151. The highest BCUT2D eigenvalue weighted by atomic mass is 32.2. The van der Waals surface area contributed by atoms with Gasteiger partial charge in [0.15, 0.2) is 0 Å². The minimum Gasteiger partial charge on any atom is -0.490 e. The number of esters is 1. The van der Waals surface area contributed by atoms with Gasteiger partial charge in [0.25, 0.3) is 15.9 Å². The molecule has 9 nitrogen and oxygen atoms in total. The molecule has 2 aliphatic rings. The molecule has 0 unspecified atom stereocenters. The van der Waals surface area contributed by atoms with Crippen LogP contribution in [0, 0.1) is 5.82 Å². The highest BCUT2D eigenvalue weighted by Gasteiger charge is 2.39. The number of likely N-dealkylation sites (N-methyl/N-ethyl adjacent to an activating group) is 1. The van der Waals surface area contributed by atoms with Gasteiger partial charge in [-0.3, -0.25) is 14.3 Å². The van der Waals surface area contributed by atoms with Crippen LogP contribution < -0.4 is 9.46 Å². The van der Waals surface area contributed by atoms with Gasteiger partial charge < -0.3 is 19.1 Å². The van der Waals surface area contributed by atoms with Crippen molar-refractivity contribution in [2.24, 2.45) is 0 Å². The summed E-state index contributed by atoms with van der Waals surface area (Å²) in [5.74, 6) is -0.964. The van der Waals surface area contributed by atoms with Crippen molar-refractivity contribution in [2.45, 2.75) is 42.4 Å². The third kappa shape index (κ3) is 5.00. The molecule has 182 valence electrons. The largest absolute Gasteiger partial charge is 0.490 e. The maximum Gasteiger partial charge on any atom is 0.308 e. The molecule has 2 aliphatic heterocycles. The van der Waals surface area contributed by atoms with Gasteiger partial charge in [0.2, 0.25) is 0 Å². The Morgan fingerprint density at radius 3 is 2.65 bits per heavy atom. The van der Waals surface area contributed by atoms with Gasteiger partial charge in [-0.15, -0.1) is 0 Å². The van der Waals surface area contributed by atoms with E-state index in [0.29, 0.717) is 18.6 Å². The van der Waals surface area contributed by atoms with Gasteiger partial charge in [0.1, 0.15) is 24.3 Å². The molecule has 0 bridgehead atoms. The van der Waals surface area contributed by atoms with Gasteiger partial charge in [-0.1, -0.05) is 0 Å². The Labute approximate surface area is 196 Å². The normalized spacial score (nSPS) is 22.5. The number of hydrogen-bond acceptors (Lipinski definition) is 7. The highest BCUT2D eigenvalue weighted by Crippen LogP contribution is 2.33. The standard InChI is InChI=1S/C23H25FN2O7S/c1-26-19-9-6-16(12-22(27)31-2)33-21(19)13-32-20-10-5-15(11-18(20)23(26)28)25-34(29,30)17-7-3-14(24)4-8-17/h3-5,7-8,10-11,16,19,21,25H,6,9,12-13H2,1-2H3/t16-,19-,21-/m1/s1. The molecule has 1 amide bonds. The van der Waals surface area contributed by atoms with E-state index in [1.54, 1.807) is 11.9 Å². The number of benzene rings is 2. The van der Waals surface area contributed by atoms with E-state index in [-0.39, 0.29) is 53.2 Å². The molecule has 0 saturated carbocycles. The van der Waals surface area contributed by atoms with Crippen LogP contribution in [0.5, 0.6) is 5.75 Å². The van der Waals surface area contributed by atoms with Crippen molar-refractivity contribution in [2.75, 3.05) is 25.5 Å². The van der Waals surface area contributed by atoms with Crippen LogP contribution in [0.3, 0.4) is 0 Å². The minimum atomic E-state index is -3.98. The van der Waals surface area contributed by atoms with Crippen molar-refractivity contribution in [3.05, 3.63) is 53.8 Å². The van der Waals surface area contributed by atoms with E-state index in [4.69, 9.17) is 14.2 Å². The second-order valence-corrected chi connectivity index (χ2v) is 9.90. The van der Waals surface area contributed by atoms with E-state index in [1.165, 1.54) is 25.3 Å². The second-order valence-electron chi connectivity index (χ2n) is 8.22. The summed E-state index contributed by atoms with van der Waals surface area (Å²) in [6.45, 7) is 0.160. The molecule has 2 heterocycles. The number of hydrogen-bond donors (Lipinski definition) is 1. The van der Waals surface area contributed by atoms with Gasteiger partial charge in [-0.2, -0.15) is 0 Å². The molecular formula is C23H25FN2O7S. The Kier molecular flexibility index (Phi) is 6.76. The SMILES string of the molecule is COC(=O)C[C@H]1CC[C@@H]2[C@@H](COc3ccc(NS(=O)(=O)c4ccc(F)cc4)cc3C(=O)N2C)O1. The Hall–Kier alpha value is -3.18. The van der Waals surface area contributed by atoms with E-state index in [1.807, 2.05) is 0 Å². The molecule has 1 saturated heterocycles. The van der Waals surface area contributed by atoms with Crippen molar-refractivity contribution < 1.29 is 36.6 Å².